The molecule has 0 atom stereocenters. The van der Waals surface area contributed by atoms with Gasteiger partial charge in [0.2, 0.25) is 0 Å². The predicted molar refractivity (Wildman–Crippen MR) is 86.4 cm³/mol. The summed E-state index contributed by atoms with van der Waals surface area (Å²) in [4.78, 5) is 0. The minimum atomic E-state index is 0.632. The van der Waals surface area contributed by atoms with Gasteiger partial charge in [-0.2, -0.15) is 5.10 Å². The van der Waals surface area contributed by atoms with Crippen molar-refractivity contribution in [2.75, 3.05) is 0 Å². The molecule has 5 heteroatoms. The second-order valence-electron chi connectivity index (χ2n) is 5.29. The first-order valence-corrected chi connectivity index (χ1v) is 7.32. The van der Waals surface area contributed by atoms with Gasteiger partial charge >= 0.3 is 0 Å². The number of rotatable bonds is 3. The van der Waals surface area contributed by atoms with Gasteiger partial charge in [0, 0.05) is 25.4 Å². The van der Waals surface area contributed by atoms with Gasteiger partial charge in [-0.3, -0.25) is 9.67 Å². The summed E-state index contributed by atoms with van der Waals surface area (Å²) in [5.41, 5.74) is 4.78. The molecular weight excluding hydrogens is 280 g/mol. The van der Waals surface area contributed by atoms with Gasteiger partial charge in [0.05, 0.1) is 5.69 Å². The van der Waals surface area contributed by atoms with Crippen LogP contribution in [0.2, 0.25) is 0 Å². The zero-order chi connectivity index (χ0) is 15.0. The third-order valence-corrected chi connectivity index (χ3v) is 4.22. The summed E-state index contributed by atoms with van der Waals surface area (Å²) in [6.07, 6.45) is 2.78. The number of hydrogen-bond donors (Lipinski definition) is 1. The minimum absolute atomic E-state index is 0.632. The van der Waals surface area contributed by atoms with E-state index >= 15 is 0 Å². The van der Waals surface area contributed by atoms with Gasteiger partial charge in [0.1, 0.15) is 5.82 Å². The summed E-state index contributed by atoms with van der Waals surface area (Å²) < 4.78 is 4.77. The molecule has 0 radical (unpaired) electrons. The van der Waals surface area contributed by atoms with E-state index in [4.69, 9.17) is 12.2 Å². The van der Waals surface area contributed by atoms with Gasteiger partial charge in [-0.15, -0.1) is 0 Å². The molecule has 3 rings (SSSR count). The molecule has 108 valence electrons. The van der Waals surface area contributed by atoms with Crippen molar-refractivity contribution in [1.29, 1.82) is 0 Å². The van der Waals surface area contributed by atoms with Crippen molar-refractivity contribution in [2.24, 2.45) is 7.05 Å². The molecule has 1 N–H and O–H groups in total. The number of benzene rings is 1. The quantitative estimate of drug-likeness (QED) is 0.752. The van der Waals surface area contributed by atoms with Crippen LogP contribution in [0, 0.1) is 18.6 Å². The van der Waals surface area contributed by atoms with Crippen LogP contribution in [0.3, 0.4) is 0 Å². The fourth-order valence-corrected chi connectivity index (χ4v) is 2.77. The zero-order valence-corrected chi connectivity index (χ0v) is 13.2. The lowest BCUT2D eigenvalue weighted by Crippen LogP contribution is -2.07. The Kier molecular flexibility index (Phi) is 3.51. The topological polar surface area (TPSA) is 38.5 Å². The van der Waals surface area contributed by atoms with Crippen molar-refractivity contribution in [2.45, 2.75) is 20.3 Å². The SMILES string of the molecule is Cc1cccc(-n2c(Cc3cccn3C)n[nH]c2=S)c1C. The Bertz CT molecular complexity index is 838. The molecule has 3 aromatic rings. The van der Waals surface area contributed by atoms with E-state index < -0.39 is 0 Å². The van der Waals surface area contributed by atoms with Crippen LogP contribution in [0.25, 0.3) is 5.69 Å². The third-order valence-electron chi connectivity index (χ3n) is 3.95. The molecule has 0 aliphatic rings. The number of nitrogens with one attached hydrogen (secondary N) is 1. The summed E-state index contributed by atoms with van der Waals surface area (Å²) in [6.45, 7) is 4.23. The highest BCUT2D eigenvalue weighted by molar-refractivity contribution is 7.71. The predicted octanol–water partition coefficient (Wildman–Crippen LogP) is 3.48. The van der Waals surface area contributed by atoms with Crippen molar-refractivity contribution in [3.63, 3.8) is 0 Å². The first kappa shape index (κ1) is 13.8. The highest BCUT2D eigenvalue weighted by atomic mass is 32.1. The van der Waals surface area contributed by atoms with Crippen LogP contribution in [0.4, 0.5) is 0 Å². The summed E-state index contributed by atoms with van der Waals surface area (Å²) in [5.74, 6) is 0.926. The van der Waals surface area contributed by atoms with Gasteiger partial charge in [-0.05, 0) is 55.4 Å². The Morgan fingerprint density at radius 2 is 2.00 bits per heavy atom. The Morgan fingerprint density at radius 3 is 2.71 bits per heavy atom. The van der Waals surface area contributed by atoms with Gasteiger partial charge in [-0.1, -0.05) is 12.1 Å². The lowest BCUT2D eigenvalue weighted by molar-refractivity contribution is 0.804. The highest BCUT2D eigenvalue weighted by Crippen LogP contribution is 2.20. The largest absolute Gasteiger partial charge is 0.354 e. The van der Waals surface area contributed by atoms with E-state index in [0.29, 0.717) is 4.77 Å². The molecule has 0 bridgehead atoms. The molecule has 0 saturated carbocycles. The Hall–Kier alpha value is -2.14. The van der Waals surface area contributed by atoms with E-state index in [1.165, 1.54) is 16.8 Å². The number of hydrogen-bond acceptors (Lipinski definition) is 2. The average molecular weight is 298 g/mol. The number of nitrogens with zero attached hydrogens (tertiary/aromatic N) is 3. The van der Waals surface area contributed by atoms with E-state index in [1.54, 1.807) is 0 Å². The summed E-state index contributed by atoms with van der Waals surface area (Å²) in [6, 6.07) is 10.4. The van der Waals surface area contributed by atoms with Crippen molar-refractivity contribution in [3.05, 3.63) is 63.9 Å². The van der Waals surface area contributed by atoms with Gasteiger partial charge in [0.25, 0.3) is 0 Å². The Balaban J connectivity index is 2.12. The van der Waals surface area contributed by atoms with E-state index in [1.807, 2.05) is 23.9 Å². The maximum absolute atomic E-state index is 5.42. The van der Waals surface area contributed by atoms with Crippen molar-refractivity contribution in [3.8, 4) is 5.69 Å². The molecule has 2 heterocycles. The van der Waals surface area contributed by atoms with Crippen molar-refractivity contribution in [1.82, 2.24) is 19.3 Å². The van der Waals surface area contributed by atoms with Crippen molar-refractivity contribution >= 4 is 12.2 Å². The molecule has 0 aliphatic heterocycles. The standard InChI is InChI=1S/C16H18N4S/c1-11-6-4-8-14(12(11)2)20-15(17-18-16(20)21)10-13-7-5-9-19(13)3/h4-9H,10H2,1-3H3,(H,18,21). The Morgan fingerprint density at radius 1 is 1.19 bits per heavy atom. The van der Waals surface area contributed by atoms with Crippen LogP contribution in [0.5, 0.6) is 0 Å². The van der Waals surface area contributed by atoms with E-state index in [2.05, 4.69) is 52.9 Å². The summed E-state index contributed by atoms with van der Waals surface area (Å²) in [5, 5.41) is 7.33. The molecule has 21 heavy (non-hydrogen) atoms. The van der Waals surface area contributed by atoms with Crippen LogP contribution >= 0.6 is 12.2 Å². The normalized spacial score (nSPS) is 11.0. The van der Waals surface area contributed by atoms with Gasteiger partial charge in [0.15, 0.2) is 4.77 Å². The minimum Gasteiger partial charge on any atom is -0.354 e. The van der Waals surface area contributed by atoms with Crippen LogP contribution in [0.15, 0.2) is 36.5 Å². The first-order chi connectivity index (χ1) is 10.1. The van der Waals surface area contributed by atoms with E-state index in [9.17, 15) is 0 Å². The smallest absolute Gasteiger partial charge is 0.199 e. The first-order valence-electron chi connectivity index (χ1n) is 6.91. The maximum atomic E-state index is 5.42. The zero-order valence-electron chi connectivity index (χ0n) is 12.4. The molecule has 4 nitrogen and oxygen atoms in total. The molecule has 0 saturated heterocycles. The van der Waals surface area contributed by atoms with Crippen LogP contribution in [0.1, 0.15) is 22.6 Å². The molecule has 0 amide bonds. The van der Waals surface area contributed by atoms with E-state index in [0.717, 1.165) is 17.9 Å². The number of aryl methyl sites for hydroxylation is 2. The molecule has 1 aromatic carbocycles. The molecule has 0 spiro atoms. The van der Waals surface area contributed by atoms with Crippen molar-refractivity contribution < 1.29 is 0 Å². The van der Waals surface area contributed by atoms with Gasteiger partial charge in [-0.25, -0.2) is 0 Å². The molecule has 0 unspecified atom stereocenters. The molecule has 2 aromatic heterocycles. The molecule has 0 aliphatic carbocycles. The lowest BCUT2D eigenvalue weighted by Gasteiger charge is -2.12. The second kappa shape index (κ2) is 5.33. The average Bonchev–Trinajstić information content (AvgIpc) is 3.01. The molecular formula is C16H18N4S. The van der Waals surface area contributed by atoms with Crippen LogP contribution < -0.4 is 0 Å². The highest BCUT2D eigenvalue weighted by Gasteiger charge is 2.12. The number of aromatic nitrogens is 4. The molecule has 0 fully saturated rings. The number of H-pyrrole nitrogens is 1. The Labute approximate surface area is 129 Å². The third kappa shape index (κ3) is 2.45. The number of aromatic amines is 1. The van der Waals surface area contributed by atoms with Gasteiger partial charge < -0.3 is 4.57 Å². The van der Waals surface area contributed by atoms with E-state index in [-0.39, 0.29) is 0 Å². The van der Waals surface area contributed by atoms with Crippen LogP contribution in [-0.4, -0.2) is 19.3 Å². The summed E-state index contributed by atoms with van der Waals surface area (Å²) >= 11 is 5.42. The monoisotopic (exact) mass is 298 g/mol. The second-order valence-corrected chi connectivity index (χ2v) is 5.67. The fourth-order valence-electron chi connectivity index (χ4n) is 2.52. The fraction of sp³-hybridized carbons (Fsp3) is 0.250. The maximum Gasteiger partial charge on any atom is 0.199 e. The van der Waals surface area contributed by atoms with Crippen LogP contribution in [-0.2, 0) is 13.5 Å². The summed E-state index contributed by atoms with van der Waals surface area (Å²) in [7, 11) is 2.04. The lowest BCUT2D eigenvalue weighted by atomic mass is 10.1.